The molecule has 5 nitrogen and oxygen atoms in total. The molecule has 1 fully saturated rings. The van der Waals surface area contributed by atoms with Gasteiger partial charge in [-0.25, -0.2) is 4.79 Å². The topological polar surface area (TPSA) is 58.6 Å². The fourth-order valence-electron chi connectivity index (χ4n) is 3.30. The molecular formula is C19H28N2O3. The third-order valence-corrected chi connectivity index (χ3v) is 4.37. The molecule has 1 heterocycles. The van der Waals surface area contributed by atoms with Gasteiger partial charge in [-0.2, -0.15) is 0 Å². The summed E-state index contributed by atoms with van der Waals surface area (Å²) < 4.78 is 5.37. The van der Waals surface area contributed by atoms with Gasteiger partial charge in [-0.05, 0) is 45.6 Å². The number of carbonyl (C=O) groups is 2. The average molecular weight is 332 g/mol. The van der Waals surface area contributed by atoms with Crippen LogP contribution >= 0.6 is 0 Å². The predicted octanol–water partition coefficient (Wildman–Crippen LogP) is 2.99. The highest BCUT2D eigenvalue weighted by atomic mass is 16.5. The van der Waals surface area contributed by atoms with Gasteiger partial charge in [-0.1, -0.05) is 30.3 Å². The van der Waals surface area contributed by atoms with E-state index in [9.17, 15) is 9.59 Å². The molecule has 0 bridgehead atoms. The lowest BCUT2D eigenvalue weighted by Gasteiger charge is -2.41. The zero-order valence-corrected chi connectivity index (χ0v) is 14.9. The molecule has 1 aromatic carbocycles. The average Bonchev–Trinajstić information content (AvgIpc) is 2.55. The summed E-state index contributed by atoms with van der Waals surface area (Å²) in [6.45, 7) is 7.12. The number of amides is 2. The van der Waals surface area contributed by atoms with Crippen molar-refractivity contribution >= 4 is 12.0 Å². The third-order valence-electron chi connectivity index (χ3n) is 4.37. The Morgan fingerprint density at radius 1 is 1.29 bits per heavy atom. The fraction of sp³-hybridized carbons (Fsp3) is 0.579. The number of hydrogen-bond donors (Lipinski definition) is 1. The Kier molecular flexibility index (Phi) is 6.23. The lowest BCUT2D eigenvalue weighted by molar-refractivity contribution is -0.158. The molecule has 0 unspecified atom stereocenters. The number of esters is 1. The first-order valence-corrected chi connectivity index (χ1v) is 8.73. The van der Waals surface area contributed by atoms with Crippen molar-refractivity contribution in [2.75, 3.05) is 19.7 Å². The first kappa shape index (κ1) is 18.3. The molecule has 0 radical (unpaired) electrons. The van der Waals surface area contributed by atoms with Gasteiger partial charge in [0, 0.05) is 19.1 Å². The van der Waals surface area contributed by atoms with Crippen LogP contribution in [0.5, 0.6) is 0 Å². The van der Waals surface area contributed by atoms with E-state index in [1.54, 1.807) is 4.90 Å². The van der Waals surface area contributed by atoms with Crippen LogP contribution in [0, 0.1) is 5.41 Å². The molecule has 0 saturated carbocycles. The molecular weight excluding hydrogens is 304 g/mol. The lowest BCUT2D eigenvalue weighted by atomic mass is 9.75. The smallest absolute Gasteiger partial charge is 0.317 e. The lowest BCUT2D eigenvalue weighted by Crippen LogP contribution is -2.54. The minimum atomic E-state index is -0.663. The highest BCUT2D eigenvalue weighted by Crippen LogP contribution is 2.35. The van der Waals surface area contributed by atoms with Crippen molar-refractivity contribution < 1.29 is 14.3 Å². The van der Waals surface area contributed by atoms with Crippen LogP contribution in [0.3, 0.4) is 0 Å². The van der Waals surface area contributed by atoms with Crippen LogP contribution in [-0.4, -0.2) is 42.6 Å². The minimum absolute atomic E-state index is 0.0746. The summed E-state index contributed by atoms with van der Waals surface area (Å²) in [7, 11) is 0. The molecule has 1 aliphatic heterocycles. The second-order valence-corrected chi connectivity index (χ2v) is 6.79. The van der Waals surface area contributed by atoms with Gasteiger partial charge in [0.2, 0.25) is 0 Å². The number of piperidine rings is 1. The van der Waals surface area contributed by atoms with E-state index < -0.39 is 5.41 Å². The quantitative estimate of drug-likeness (QED) is 0.843. The van der Waals surface area contributed by atoms with Crippen LogP contribution in [0.25, 0.3) is 0 Å². The number of hydrogen-bond acceptors (Lipinski definition) is 3. The Hall–Kier alpha value is -2.04. The summed E-state index contributed by atoms with van der Waals surface area (Å²) in [6, 6.07) is 9.92. The van der Waals surface area contributed by atoms with Gasteiger partial charge < -0.3 is 15.0 Å². The Bertz CT molecular complexity index is 559. The van der Waals surface area contributed by atoms with Crippen molar-refractivity contribution in [3.8, 4) is 0 Å². The first-order valence-electron chi connectivity index (χ1n) is 8.73. The van der Waals surface area contributed by atoms with Crippen LogP contribution in [-0.2, 0) is 16.0 Å². The molecule has 24 heavy (non-hydrogen) atoms. The molecule has 0 aromatic heterocycles. The van der Waals surface area contributed by atoms with Crippen LogP contribution in [0.15, 0.2) is 30.3 Å². The van der Waals surface area contributed by atoms with Gasteiger partial charge in [0.25, 0.3) is 0 Å². The zero-order chi connectivity index (χ0) is 17.6. The van der Waals surface area contributed by atoms with Crippen LogP contribution < -0.4 is 5.32 Å². The summed E-state index contributed by atoms with van der Waals surface area (Å²) in [5.74, 6) is -0.198. The Balaban J connectivity index is 2.21. The first-order chi connectivity index (χ1) is 11.5. The van der Waals surface area contributed by atoms with E-state index in [4.69, 9.17) is 4.74 Å². The summed E-state index contributed by atoms with van der Waals surface area (Å²) in [6.07, 6.45) is 2.14. The highest BCUT2D eigenvalue weighted by Gasteiger charge is 2.44. The highest BCUT2D eigenvalue weighted by molar-refractivity contribution is 5.80. The maximum atomic E-state index is 12.7. The maximum Gasteiger partial charge on any atom is 0.317 e. The van der Waals surface area contributed by atoms with Crippen molar-refractivity contribution in [1.82, 2.24) is 10.2 Å². The fourth-order valence-corrected chi connectivity index (χ4v) is 3.30. The summed E-state index contributed by atoms with van der Waals surface area (Å²) >= 11 is 0. The maximum absolute atomic E-state index is 12.7. The Labute approximate surface area is 144 Å². The number of urea groups is 1. The SMILES string of the molecule is CCOC(=O)[C@@]1(Cc2ccccc2)CCCN(C(=O)NC(C)C)C1. The summed E-state index contributed by atoms with van der Waals surface area (Å²) in [5, 5.41) is 2.92. The second kappa shape index (κ2) is 8.18. The molecule has 2 amide bonds. The summed E-state index contributed by atoms with van der Waals surface area (Å²) in [5.41, 5.74) is 0.431. The number of benzene rings is 1. The Morgan fingerprint density at radius 3 is 2.62 bits per heavy atom. The largest absolute Gasteiger partial charge is 0.466 e. The van der Waals surface area contributed by atoms with Crippen LogP contribution in [0.4, 0.5) is 4.79 Å². The molecule has 1 aliphatic rings. The van der Waals surface area contributed by atoms with E-state index in [2.05, 4.69) is 5.32 Å². The number of rotatable bonds is 5. The number of nitrogens with zero attached hydrogens (tertiary/aromatic N) is 1. The molecule has 5 heteroatoms. The van der Waals surface area contributed by atoms with Gasteiger partial charge in [-0.15, -0.1) is 0 Å². The standard InChI is InChI=1S/C19H28N2O3/c1-4-24-17(22)19(13-16-9-6-5-7-10-16)11-8-12-21(14-19)18(23)20-15(2)3/h5-7,9-10,15H,4,8,11-14H2,1-3H3,(H,20,23)/t19-/m1/s1. The van der Waals surface area contributed by atoms with E-state index in [1.807, 2.05) is 51.1 Å². The number of ether oxygens (including phenoxy) is 1. The number of nitrogens with one attached hydrogen (secondary N) is 1. The van der Waals surface area contributed by atoms with Gasteiger partial charge in [-0.3, -0.25) is 4.79 Å². The molecule has 0 aliphatic carbocycles. The molecule has 1 saturated heterocycles. The van der Waals surface area contributed by atoms with E-state index in [0.29, 0.717) is 26.1 Å². The predicted molar refractivity (Wildman–Crippen MR) is 93.7 cm³/mol. The second-order valence-electron chi connectivity index (χ2n) is 6.79. The van der Waals surface area contributed by atoms with E-state index >= 15 is 0 Å². The van der Waals surface area contributed by atoms with E-state index in [1.165, 1.54) is 0 Å². The van der Waals surface area contributed by atoms with Gasteiger partial charge in [0.05, 0.1) is 12.0 Å². The number of carbonyl (C=O) groups excluding carboxylic acids is 2. The van der Waals surface area contributed by atoms with Crippen molar-refractivity contribution in [3.63, 3.8) is 0 Å². The monoisotopic (exact) mass is 332 g/mol. The molecule has 132 valence electrons. The van der Waals surface area contributed by atoms with Crippen molar-refractivity contribution in [2.24, 2.45) is 5.41 Å². The van der Waals surface area contributed by atoms with Crippen molar-refractivity contribution in [1.29, 1.82) is 0 Å². The third kappa shape index (κ3) is 4.49. The van der Waals surface area contributed by atoms with E-state index in [-0.39, 0.29) is 18.0 Å². The van der Waals surface area contributed by atoms with Gasteiger partial charge in [0.1, 0.15) is 0 Å². The molecule has 0 spiro atoms. The molecule has 1 atom stereocenters. The summed E-state index contributed by atoms with van der Waals surface area (Å²) in [4.78, 5) is 26.9. The number of likely N-dealkylation sites (tertiary alicyclic amines) is 1. The van der Waals surface area contributed by atoms with Crippen molar-refractivity contribution in [2.45, 2.75) is 46.1 Å². The van der Waals surface area contributed by atoms with Crippen LogP contribution in [0.2, 0.25) is 0 Å². The molecule has 1 N–H and O–H groups in total. The minimum Gasteiger partial charge on any atom is -0.466 e. The molecule has 2 rings (SSSR count). The van der Waals surface area contributed by atoms with Crippen molar-refractivity contribution in [3.05, 3.63) is 35.9 Å². The van der Waals surface area contributed by atoms with Crippen LogP contribution in [0.1, 0.15) is 39.2 Å². The van der Waals surface area contributed by atoms with E-state index in [0.717, 1.165) is 18.4 Å². The molecule has 1 aromatic rings. The Morgan fingerprint density at radius 2 is 2.00 bits per heavy atom. The van der Waals surface area contributed by atoms with Gasteiger partial charge >= 0.3 is 12.0 Å². The van der Waals surface area contributed by atoms with Gasteiger partial charge in [0.15, 0.2) is 0 Å². The normalized spacial score (nSPS) is 20.8. The zero-order valence-electron chi connectivity index (χ0n) is 14.9.